The number of thioether (sulfide) groups is 1. The lowest BCUT2D eigenvalue weighted by atomic mass is 10.0. The van der Waals surface area contributed by atoms with Gasteiger partial charge in [0.15, 0.2) is 22.3 Å². The summed E-state index contributed by atoms with van der Waals surface area (Å²) in [6.45, 7) is 2.09. The lowest BCUT2D eigenvalue weighted by Crippen LogP contribution is -2.71. The number of phenols is 2. The van der Waals surface area contributed by atoms with E-state index in [1.807, 2.05) is 0 Å². The Bertz CT molecular complexity index is 1690. The number of aromatic hydroxyl groups is 2. The number of β-lactam (4-membered cyclic amide) rings is 1. The third kappa shape index (κ3) is 6.06. The van der Waals surface area contributed by atoms with E-state index in [2.05, 4.69) is 20.8 Å². The van der Waals surface area contributed by atoms with Crippen LogP contribution in [0, 0.1) is 11.3 Å². The van der Waals surface area contributed by atoms with E-state index in [-0.39, 0.29) is 39.8 Å². The van der Waals surface area contributed by atoms with Crippen molar-refractivity contribution in [2.75, 3.05) is 18.0 Å². The summed E-state index contributed by atoms with van der Waals surface area (Å²) in [5.74, 6) is -6.70. The molecule has 1 saturated heterocycles. The van der Waals surface area contributed by atoms with E-state index in [0.717, 1.165) is 40.1 Å². The van der Waals surface area contributed by atoms with Gasteiger partial charge in [-0.05, 0) is 31.6 Å². The molecule has 17 nitrogen and oxygen atoms in total. The highest BCUT2D eigenvalue weighted by molar-refractivity contribution is 8.00. The maximum atomic E-state index is 13.2. The van der Waals surface area contributed by atoms with Gasteiger partial charge in [-0.1, -0.05) is 5.16 Å². The predicted molar refractivity (Wildman–Crippen MR) is 152 cm³/mol. The number of benzene rings is 1. The molecule has 0 aliphatic carbocycles. The van der Waals surface area contributed by atoms with Crippen LogP contribution in [-0.2, 0) is 24.0 Å². The van der Waals surface area contributed by atoms with Crippen molar-refractivity contribution in [1.82, 2.24) is 20.5 Å². The second-order valence-electron chi connectivity index (χ2n) is 9.72. The van der Waals surface area contributed by atoms with Gasteiger partial charge in [0, 0.05) is 23.2 Å². The van der Waals surface area contributed by atoms with Crippen LogP contribution in [0.15, 0.2) is 33.9 Å². The molecule has 19 heteroatoms. The molecule has 4 rings (SSSR count). The molecule has 2 atom stereocenters. The quantitative estimate of drug-likeness (QED) is 0.0760. The number of rotatable bonds is 10. The average Bonchev–Trinajstić information content (AvgIpc) is 3.40. The normalized spacial score (nSPS) is 18.1. The number of hydrogen-bond acceptors (Lipinski definition) is 14. The van der Waals surface area contributed by atoms with Crippen molar-refractivity contribution in [3.8, 4) is 17.6 Å². The van der Waals surface area contributed by atoms with Crippen LogP contribution in [0.1, 0.15) is 35.5 Å². The first-order valence-electron chi connectivity index (χ1n) is 12.3. The Labute approximate surface area is 255 Å². The maximum Gasteiger partial charge on any atom is 0.352 e. The number of aliphatic carboxylic acids is 2. The van der Waals surface area contributed by atoms with Gasteiger partial charge < -0.3 is 41.6 Å². The van der Waals surface area contributed by atoms with Crippen molar-refractivity contribution in [3.05, 3.63) is 45.6 Å². The number of oxime groups is 1. The molecule has 1 aromatic heterocycles. The summed E-state index contributed by atoms with van der Waals surface area (Å²) >= 11 is 2.08. The van der Waals surface area contributed by atoms with E-state index in [1.165, 1.54) is 19.2 Å². The van der Waals surface area contributed by atoms with Gasteiger partial charge in [0.1, 0.15) is 28.9 Å². The third-order valence-corrected chi connectivity index (χ3v) is 8.34. The summed E-state index contributed by atoms with van der Waals surface area (Å²) in [4.78, 5) is 72.5. The highest BCUT2D eigenvalue weighted by atomic mass is 32.2. The van der Waals surface area contributed by atoms with Crippen molar-refractivity contribution in [1.29, 1.82) is 5.26 Å². The summed E-state index contributed by atoms with van der Waals surface area (Å²) in [6, 6.07) is 2.41. The van der Waals surface area contributed by atoms with Crippen molar-refractivity contribution in [2.45, 2.75) is 30.9 Å². The molecular weight excluding hydrogens is 622 g/mol. The Kier molecular flexibility index (Phi) is 8.69. The zero-order chi connectivity index (χ0) is 32.5. The largest absolute Gasteiger partial charge is 0.504 e. The number of carboxylic acid groups (broad SMARTS) is 2. The predicted octanol–water partition coefficient (Wildman–Crippen LogP) is -0.239. The van der Waals surface area contributed by atoms with E-state index < -0.39 is 69.6 Å². The fourth-order valence-corrected chi connectivity index (χ4v) is 5.85. The van der Waals surface area contributed by atoms with Gasteiger partial charge in [0.25, 0.3) is 17.7 Å². The van der Waals surface area contributed by atoms with Crippen molar-refractivity contribution in [2.24, 2.45) is 5.16 Å². The summed E-state index contributed by atoms with van der Waals surface area (Å²) in [5.41, 5.74) is 2.58. The summed E-state index contributed by atoms with van der Waals surface area (Å²) < 4.78 is 0. The fourth-order valence-electron chi connectivity index (χ4n) is 3.95. The minimum absolute atomic E-state index is 0.0342. The molecule has 230 valence electrons. The Balaban J connectivity index is 1.51. The Hall–Kier alpha value is -5.35. The molecule has 8 N–H and O–H groups in total. The Morgan fingerprint density at radius 1 is 1.27 bits per heavy atom. The Morgan fingerprint density at radius 2 is 1.98 bits per heavy atom. The summed E-state index contributed by atoms with van der Waals surface area (Å²) in [7, 11) is 0. The van der Waals surface area contributed by atoms with E-state index in [4.69, 9.17) is 15.8 Å². The first-order valence-corrected chi connectivity index (χ1v) is 14.2. The van der Waals surface area contributed by atoms with Crippen LogP contribution in [0.25, 0.3) is 0 Å². The molecule has 0 bridgehead atoms. The van der Waals surface area contributed by atoms with Crippen LogP contribution in [-0.4, -0.2) is 95.0 Å². The molecular formula is C25H23N7O10S2. The number of nitrogens with two attached hydrogens (primary N) is 1. The molecule has 0 unspecified atom stereocenters. The molecule has 1 fully saturated rings. The van der Waals surface area contributed by atoms with Crippen LogP contribution < -0.4 is 16.4 Å². The number of phenolic OH excluding ortho intramolecular Hbond substituents is 2. The van der Waals surface area contributed by atoms with Crippen LogP contribution >= 0.6 is 23.1 Å². The highest BCUT2D eigenvalue weighted by Crippen LogP contribution is 2.40. The topological polar surface area (TPSA) is 278 Å². The number of thiazole rings is 1. The number of nitrogen functional groups attached to an aromatic ring is 1. The van der Waals surface area contributed by atoms with Crippen molar-refractivity contribution in [3.63, 3.8) is 0 Å². The average molecular weight is 646 g/mol. The minimum Gasteiger partial charge on any atom is -0.504 e. The Morgan fingerprint density at radius 3 is 2.57 bits per heavy atom. The zero-order valence-corrected chi connectivity index (χ0v) is 24.4. The van der Waals surface area contributed by atoms with Crippen LogP contribution in [0.2, 0.25) is 0 Å². The minimum atomic E-state index is -1.82. The third-order valence-electron chi connectivity index (χ3n) is 6.33. The number of amides is 3. The van der Waals surface area contributed by atoms with E-state index in [9.17, 15) is 44.4 Å². The zero-order valence-electron chi connectivity index (χ0n) is 22.7. The summed E-state index contributed by atoms with van der Waals surface area (Å²) in [6.07, 6.45) is 0. The number of fused-ring (bicyclic) bond motifs is 1. The molecule has 2 aliphatic rings. The highest BCUT2D eigenvalue weighted by Gasteiger charge is 2.54. The summed E-state index contributed by atoms with van der Waals surface area (Å²) in [5, 5.41) is 56.9. The molecule has 3 heterocycles. The number of nitriles is 1. The van der Waals surface area contributed by atoms with Crippen LogP contribution in [0.4, 0.5) is 5.13 Å². The molecule has 0 spiro atoms. The number of carboxylic acids is 2. The second-order valence-corrected chi connectivity index (χ2v) is 11.7. The number of anilines is 1. The van der Waals surface area contributed by atoms with Crippen molar-refractivity contribution < 1.29 is 49.2 Å². The van der Waals surface area contributed by atoms with Crippen molar-refractivity contribution >= 4 is 63.6 Å². The number of nitrogens with zero attached hydrogens (tertiary/aromatic N) is 4. The van der Waals surface area contributed by atoms with Gasteiger partial charge in [0.2, 0.25) is 5.60 Å². The van der Waals surface area contributed by atoms with Gasteiger partial charge in [-0.2, -0.15) is 5.26 Å². The first kappa shape index (κ1) is 31.6. The molecule has 44 heavy (non-hydrogen) atoms. The van der Waals surface area contributed by atoms with Gasteiger partial charge in [-0.3, -0.25) is 19.3 Å². The van der Waals surface area contributed by atoms with Gasteiger partial charge in [-0.25, -0.2) is 14.6 Å². The van der Waals surface area contributed by atoms with Gasteiger partial charge in [-0.15, -0.1) is 23.1 Å². The van der Waals surface area contributed by atoms with E-state index in [0.29, 0.717) is 0 Å². The first-order chi connectivity index (χ1) is 20.7. The molecule has 2 aromatic rings. The number of hydrogen-bond donors (Lipinski definition) is 7. The van der Waals surface area contributed by atoms with E-state index in [1.54, 1.807) is 6.07 Å². The van der Waals surface area contributed by atoms with Gasteiger partial charge >= 0.3 is 11.9 Å². The monoisotopic (exact) mass is 645 g/mol. The fraction of sp³-hybridized carbons (Fsp3) is 0.280. The standard InChI is InChI=1S/C25H23N7O10S2/c1-25(2,23(40)41)42-31-14(12-8-44-24(27)29-12)19(36)30-15-20(37)32-16(22(38)39)11(7-43-21(15)32)6-28-18(35)9-3-10(5-26)17(34)13(33)4-9/h3-4,8,15,21,33-34H,6-7H2,1-2H3,(H2,27,29)(H,28,35)(H,30,36)(H,38,39)(H,40,41)/b31-14-/t15-,21-/m1/s1. The lowest BCUT2D eigenvalue weighted by molar-refractivity contribution is -0.161. The maximum absolute atomic E-state index is 13.2. The number of nitrogens with one attached hydrogen (secondary N) is 2. The van der Waals surface area contributed by atoms with Gasteiger partial charge in [0.05, 0.1) is 5.56 Å². The number of aromatic nitrogens is 1. The van der Waals surface area contributed by atoms with E-state index >= 15 is 0 Å². The molecule has 0 radical (unpaired) electrons. The van der Waals surface area contributed by atoms with Crippen LogP contribution in [0.5, 0.6) is 11.5 Å². The molecule has 0 saturated carbocycles. The van der Waals surface area contributed by atoms with Crippen LogP contribution in [0.3, 0.4) is 0 Å². The second kappa shape index (κ2) is 12.1. The number of carbonyl (C=O) groups excluding carboxylic acids is 3. The number of carbonyl (C=O) groups is 5. The smallest absolute Gasteiger partial charge is 0.352 e. The molecule has 3 amide bonds. The molecule has 2 aliphatic heterocycles. The SMILES string of the molecule is CC(C)(O/N=C(\C(=O)N[C@@H]1C(=O)N2C(C(=O)O)=C(CNC(=O)c3cc(O)c(O)c(C#N)c3)CS[C@H]12)c1csc(N)n1)C(=O)O. The lowest BCUT2D eigenvalue weighted by Gasteiger charge is -2.49. The molecule has 1 aromatic carbocycles.